The van der Waals surface area contributed by atoms with Crippen molar-refractivity contribution in [3.63, 3.8) is 0 Å². The van der Waals surface area contributed by atoms with E-state index in [0.717, 1.165) is 6.42 Å². The first-order chi connectivity index (χ1) is 10.1. The molecule has 0 amide bonds. The van der Waals surface area contributed by atoms with Gasteiger partial charge in [0.1, 0.15) is 0 Å². The van der Waals surface area contributed by atoms with Gasteiger partial charge in [-0.3, -0.25) is 0 Å². The number of benzene rings is 2. The van der Waals surface area contributed by atoms with E-state index in [1.54, 1.807) is 0 Å². The van der Waals surface area contributed by atoms with Crippen molar-refractivity contribution in [3.05, 3.63) is 77.4 Å². The molecule has 0 aromatic heterocycles. The van der Waals surface area contributed by atoms with Crippen LogP contribution in [0, 0.1) is 0 Å². The number of fused-ring (bicyclic) bond motifs is 1. The Labute approximate surface area is 127 Å². The number of rotatable bonds is 3. The maximum absolute atomic E-state index is 2.36. The molecule has 106 valence electrons. The summed E-state index contributed by atoms with van der Waals surface area (Å²) in [5.41, 5.74) is 6.87. The number of hydrogen-bond acceptors (Lipinski definition) is 0. The zero-order chi connectivity index (χ0) is 14.9. The van der Waals surface area contributed by atoms with Crippen LogP contribution in [0.1, 0.15) is 38.3 Å². The van der Waals surface area contributed by atoms with E-state index in [1.807, 2.05) is 0 Å². The first-order valence-electron chi connectivity index (χ1n) is 7.71. The third kappa shape index (κ3) is 2.47. The van der Waals surface area contributed by atoms with E-state index >= 15 is 0 Å². The van der Waals surface area contributed by atoms with Crippen LogP contribution in [0.4, 0.5) is 0 Å². The standard InChI is InChI=1S/C21H22/c1-4-5-11-19-14-18-13-12-17(15-20(18)21(19,2)3)16-9-7-6-8-10-16/h5-15H,4H2,1-3H3/b11-5-. The van der Waals surface area contributed by atoms with Gasteiger partial charge in [-0.2, -0.15) is 0 Å². The molecule has 21 heavy (non-hydrogen) atoms. The summed E-state index contributed by atoms with van der Waals surface area (Å²) in [7, 11) is 0. The maximum atomic E-state index is 2.36. The smallest absolute Gasteiger partial charge is 0.0152 e. The van der Waals surface area contributed by atoms with E-state index in [9.17, 15) is 0 Å². The van der Waals surface area contributed by atoms with E-state index in [4.69, 9.17) is 0 Å². The Morgan fingerprint density at radius 3 is 2.43 bits per heavy atom. The fourth-order valence-electron chi connectivity index (χ4n) is 3.04. The second-order valence-electron chi connectivity index (χ2n) is 6.20. The van der Waals surface area contributed by atoms with E-state index in [2.05, 4.69) is 87.5 Å². The molecule has 2 aromatic carbocycles. The lowest BCUT2D eigenvalue weighted by Gasteiger charge is -2.23. The molecule has 0 spiro atoms. The summed E-state index contributed by atoms with van der Waals surface area (Å²) < 4.78 is 0. The largest absolute Gasteiger partial charge is 0.0845 e. The highest BCUT2D eigenvalue weighted by molar-refractivity contribution is 5.76. The minimum absolute atomic E-state index is 0.0891. The Hall–Kier alpha value is -2.08. The van der Waals surface area contributed by atoms with E-state index in [1.165, 1.54) is 27.8 Å². The Balaban J connectivity index is 2.04. The van der Waals surface area contributed by atoms with Crippen LogP contribution in [0.15, 0.2) is 66.3 Å². The second-order valence-corrected chi connectivity index (χ2v) is 6.20. The van der Waals surface area contributed by atoms with Gasteiger partial charge in [-0.15, -0.1) is 0 Å². The van der Waals surface area contributed by atoms with Crippen molar-refractivity contribution >= 4 is 6.08 Å². The summed E-state index contributed by atoms with van der Waals surface area (Å²) in [6, 6.07) is 17.5. The predicted octanol–water partition coefficient (Wildman–Crippen LogP) is 5.99. The lowest BCUT2D eigenvalue weighted by molar-refractivity contribution is 0.654. The Bertz CT molecular complexity index is 700. The van der Waals surface area contributed by atoms with Crippen molar-refractivity contribution in [2.75, 3.05) is 0 Å². The van der Waals surface area contributed by atoms with Crippen molar-refractivity contribution in [1.82, 2.24) is 0 Å². The fraction of sp³-hybridized carbons (Fsp3) is 0.238. The number of allylic oxidation sites excluding steroid dienone is 3. The topological polar surface area (TPSA) is 0 Å². The molecule has 2 aromatic rings. The van der Waals surface area contributed by atoms with Crippen molar-refractivity contribution in [3.8, 4) is 11.1 Å². The highest BCUT2D eigenvalue weighted by Crippen LogP contribution is 2.43. The van der Waals surface area contributed by atoms with Crippen LogP contribution in [0.3, 0.4) is 0 Å². The number of hydrogen-bond donors (Lipinski definition) is 0. The summed E-state index contributed by atoms with van der Waals surface area (Å²) in [5.74, 6) is 0. The van der Waals surface area contributed by atoms with Gasteiger partial charge in [0.2, 0.25) is 0 Å². The van der Waals surface area contributed by atoms with E-state index in [-0.39, 0.29) is 5.41 Å². The predicted molar refractivity (Wildman–Crippen MR) is 92.3 cm³/mol. The molecular weight excluding hydrogens is 252 g/mol. The van der Waals surface area contributed by atoms with Crippen LogP contribution in [0.2, 0.25) is 0 Å². The van der Waals surface area contributed by atoms with Gasteiger partial charge in [0.15, 0.2) is 0 Å². The summed E-state index contributed by atoms with van der Waals surface area (Å²) >= 11 is 0. The van der Waals surface area contributed by atoms with Crippen LogP contribution in [0.25, 0.3) is 17.2 Å². The fourth-order valence-corrected chi connectivity index (χ4v) is 3.04. The third-order valence-electron chi connectivity index (χ3n) is 4.40. The van der Waals surface area contributed by atoms with Gasteiger partial charge in [-0.05, 0) is 40.3 Å². The summed E-state index contributed by atoms with van der Waals surface area (Å²) in [4.78, 5) is 0. The van der Waals surface area contributed by atoms with Crippen molar-refractivity contribution < 1.29 is 0 Å². The van der Waals surface area contributed by atoms with Crippen LogP contribution in [-0.2, 0) is 5.41 Å². The van der Waals surface area contributed by atoms with E-state index in [0.29, 0.717) is 0 Å². The SMILES string of the molecule is CC/C=C\C1=Cc2ccc(-c3ccccc3)cc2C1(C)C. The molecule has 0 atom stereocenters. The van der Waals surface area contributed by atoms with Gasteiger partial charge in [0.25, 0.3) is 0 Å². The zero-order valence-corrected chi connectivity index (χ0v) is 13.1. The summed E-state index contributed by atoms with van der Waals surface area (Å²) in [5, 5.41) is 0. The van der Waals surface area contributed by atoms with Crippen LogP contribution in [-0.4, -0.2) is 0 Å². The maximum Gasteiger partial charge on any atom is 0.0152 e. The minimum atomic E-state index is 0.0891. The molecule has 0 fully saturated rings. The quantitative estimate of drug-likeness (QED) is 0.644. The van der Waals surface area contributed by atoms with Crippen LogP contribution >= 0.6 is 0 Å². The van der Waals surface area contributed by atoms with Gasteiger partial charge < -0.3 is 0 Å². The Morgan fingerprint density at radius 1 is 0.952 bits per heavy atom. The van der Waals surface area contributed by atoms with Gasteiger partial charge in [0.05, 0.1) is 0 Å². The van der Waals surface area contributed by atoms with Crippen molar-refractivity contribution in [2.45, 2.75) is 32.6 Å². The molecular formula is C21H22. The van der Waals surface area contributed by atoms with Gasteiger partial charge in [-0.25, -0.2) is 0 Å². The summed E-state index contributed by atoms with van der Waals surface area (Å²) in [6.45, 7) is 6.82. The Kier molecular flexibility index (Phi) is 3.55. The molecule has 0 saturated carbocycles. The molecule has 3 rings (SSSR count). The molecule has 0 unspecified atom stereocenters. The van der Waals surface area contributed by atoms with Gasteiger partial charge in [0, 0.05) is 5.41 Å². The first-order valence-corrected chi connectivity index (χ1v) is 7.71. The summed E-state index contributed by atoms with van der Waals surface area (Å²) in [6.07, 6.45) is 7.94. The molecule has 0 radical (unpaired) electrons. The molecule has 0 saturated heterocycles. The molecule has 0 N–H and O–H groups in total. The van der Waals surface area contributed by atoms with Gasteiger partial charge in [-0.1, -0.05) is 81.5 Å². The van der Waals surface area contributed by atoms with Crippen molar-refractivity contribution in [2.24, 2.45) is 0 Å². The molecule has 0 bridgehead atoms. The van der Waals surface area contributed by atoms with Gasteiger partial charge >= 0.3 is 0 Å². The minimum Gasteiger partial charge on any atom is -0.0845 e. The molecule has 1 aliphatic rings. The molecule has 0 heteroatoms. The third-order valence-corrected chi connectivity index (χ3v) is 4.40. The molecule has 0 aliphatic heterocycles. The average Bonchev–Trinajstić information content (AvgIpc) is 2.76. The highest BCUT2D eigenvalue weighted by atomic mass is 14.3. The zero-order valence-electron chi connectivity index (χ0n) is 13.1. The monoisotopic (exact) mass is 274 g/mol. The molecule has 0 heterocycles. The van der Waals surface area contributed by atoms with Crippen LogP contribution in [0.5, 0.6) is 0 Å². The first kappa shape index (κ1) is 13.9. The second kappa shape index (κ2) is 5.37. The lowest BCUT2D eigenvalue weighted by Crippen LogP contribution is -2.16. The van der Waals surface area contributed by atoms with E-state index < -0.39 is 0 Å². The van der Waals surface area contributed by atoms with Crippen molar-refractivity contribution in [1.29, 1.82) is 0 Å². The van der Waals surface area contributed by atoms with Crippen LogP contribution < -0.4 is 0 Å². The Morgan fingerprint density at radius 2 is 1.71 bits per heavy atom. The highest BCUT2D eigenvalue weighted by Gasteiger charge is 2.31. The lowest BCUT2D eigenvalue weighted by atomic mass is 9.80. The normalized spacial score (nSPS) is 16.0. The molecule has 1 aliphatic carbocycles. The average molecular weight is 274 g/mol. The molecule has 0 nitrogen and oxygen atoms in total.